The lowest BCUT2D eigenvalue weighted by Gasteiger charge is -2.28. The summed E-state index contributed by atoms with van der Waals surface area (Å²) in [6.45, 7) is 2.04. The van der Waals surface area contributed by atoms with Crippen LogP contribution >= 0.6 is 0 Å². The summed E-state index contributed by atoms with van der Waals surface area (Å²) in [5.74, 6) is 2.33. The zero-order chi connectivity index (χ0) is 11.8. The lowest BCUT2D eigenvalue weighted by atomic mass is 10.0. The third-order valence-corrected chi connectivity index (χ3v) is 4.97. The number of carbonyl (C=O) groups is 1. The summed E-state index contributed by atoms with van der Waals surface area (Å²) in [7, 11) is 1.99. The van der Waals surface area contributed by atoms with Crippen molar-refractivity contribution in [3.8, 4) is 0 Å². The highest BCUT2D eigenvalue weighted by Crippen LogP contribution is 2.58. The van der Waals surface area contributed by atoms with E-state index in [1.54, 1.807) is 0 Å². The minimum atomic E-state index is 0.400. The molecule has 0 aromatic carbocycles. The summed E-state index contributed by atoms with van der Waals surface area (Å²) in [6.07, 6.45) is 7.80. The van der Waals surface area contributed by atoms with Gasteiger partial charge in [0.05, 0.1) is 0 Å². The lowest BCUT2D eigenvalue weighted by molar-refractivity contribution is -0.132. The molecule has 0 aromatic rings. The van der Waals surface area contributed by atoms with Crippen LogP contribution in [0.2, 0.25) is 0 Å². The Morgan fingerprint density at radius 2 is 1.94 bits per heavy atom. The van der Waals surface area contributed by atoms with Crippen molar-refractivity contribution in [3.63, 3.8) is 0 Å². The molecule has 1 amide bonds. The summed E-state index contributed by atoms with van der Waals surface area (Å²) in [5.41, 5.74) is 0. The fraction of sp³-hybridized carbons (Fsp3) is 0.929. The lowest BCUT2D eigenvalue weighted by Crippen LogP contribution is -2.44. The zero-order valence-corrected chi connectivity index (χ0v) is 10.8. The van der Waals surface area contributed by atoms with E-state index >= 15 is 0 Å². The van der Waals surface area contributed by atoms with Crippen LogP contribution < -0.4 is 5.32 Å². The van der Waals surface area contributed by atoms with Crippen LogP contribution in [-0.2, 0) is 4.79 Å². The van der Waals surface area contributed by atoms with Gasteiger partial charge in [0, 0.05) is 25.6 Å². The summed E-state index contributed by atoms with van der Waals surface area (Å²) in [6, 6.07) is 0.538. The molecule has 17 heavy (non-hydrogen) atoms. The third-order valence-electron chi connectivity index (χ3n) is 4.97. The van der Waals surface area contributed by atoms with E-state index < -0.39 is 0 Å². The summed E-state index contributed by atoms with van der Waals surface area (Å²) in [4.78, 5) is 14.3. The molecular weight excluding hydrogens is 212 g/mol. The normalized spacial score (nSPS) is 39.8. The first kappa shape index (κ1) is 11.5. The number of hydrogen-bond donors (Lipinski definition) is 1. The van der Waals surface area contributed by atoms with Crippen molar-refractivity contribution in [3.05, 3.63) is 0 Å². The Morgan fingerprint density at radius 1 is 1.18 bits per heavy atom. The van der Waals surface area contributed by atoms with Gasteiger partial charge in [-0.05, 0) is 44.1 Å². The Kier molecular flexibility index (Phi) is 3.12. The number of rotatable bonds is 3. The van der Waals surface area contributed by atoms with Crippen molar-refractivity contribution in [2.75, 3.05) is 20.1 Å². The Hall–Kier alpha value is -0.570. The molecule has 1 saturated heterocycles. The van der Waals surface area contributed by atoms with Gasteiger partial charge in [-0.2, -0.15) is 0 Å². The second-order valence-electron chi connectivity index (χ2n) is 6.15. The number of fused-ring (bicyclic) bond motifs is 1. The Balaban J connectivity index is 1.48. The van der Waals surface area contributed by atoms with Crippen molar-refractivity contribution >= 4 is 5.91 Å². The first-order chi connectivity index (χ1) is 8.27. The molecule has 3 atom stereocenters. The molecule has 0 spiro atoms. The summed E-state index contributed by atoms with van der Waals surface area (Å²) in [5, 5.41) is 3.52. The van der Waals surface area contributed by atoms with E-state index in [1.807, 2.05) is 11.9 Å². The van der Waals surface area contributed by atoms with Crippen LogP contribution in [0.25, 0.3) is 0 Å². The molecular formula is C14H24N2O. The highest BCUT2D eigenvalue weighted by Gasteiger charge is 2.57. The van der Waals surface area contributed by atoms with Gasteiger partial charge in [-0.3, -0.25) is 4.79 Å². The predicted octanol–water partition coefficient (Wildman–Crippen LogP) is 1.63. The maximum atomic E-state index is 12.3. The average Bonchev–Trinajstić information content (AvgIpc) is 2.82. The molecule has 2 aliphatic carbocycles. The fourth-order valence-electron chi connectivity index (χ4n) is 3.94. The summed E-state index contributed by atoms with van der Waals surface area (Å²) >= 11 is 0. The molecule has 3 nitrogen and oxygen atoms in total. The monoisotopic (exact) mass is 236 g/mol. The molecule has 0 radical (unpaired) electrons. The zero-order valence-electron chi connectivity index (χ0n) is 10.8. The van der Waals surface area contributed by atoms with Crippen LogP contribution in [0.15, 0.2) is 0 Å². The smallest absolute Gasteiger partial charge is 0.226 e. The highest BCUT2D eigenvalue weighted by atomic mass is 16.2. The highest BCUT2D eigenvalue weighted by molar-refractivity contribution is 5.82. The van der Waals surface area contributed by atoms with E-state index in [-0.39, 0.29) is 0 Å². The molecule has 3 unspecified atom stereocenters. The molecule has 0 bridgehead atoms. The standard InChI is InChI=1S/C14H24N2O/c1-16(9-10-5-2-3-8-15-10)14(17)13-11-6-4-7-12(11)13/h10-13,15H,2-9H2,1H3. The third kappa shape index (κ3) is 2.22. The first-order valence-corrected chi connectivity index (χ1v) is 7.26. The number of piperidine rings is 1. The van der Waals surface area contributed by atoms with Gasteiger partial charge in [0.1, 0.15) is 0 Å². The molecule has 3 fully saturated rings. The first-order valence-electron chi connectivity index (χ1n) is 7.26. The van der Waals surface area contributed by atoms with Crippen LogP contribution in [0.1, 0.15) is 38.5 Å². The van der Waals surface area contributed by atoms with Gasteiger partial charge in [-0.15, -0.1) is 0 Å². The van der Waals surface area contributed by atoms with Crippen molar-refractivity contribution in [2.45, 2.75) is 44.6 Å². The molecule has 3 heteroatoms. The molecule has 1 heterocycles. The summed E-state index contributed by atoms with van der Waals surface area (Å²) < 4.78 is 0. The van der Waals surface area contributed by atoms with Crippen molar-refractivity contribution < 1.29 is 4.79 Å². The molecule has 1 aliphatic heterocycles. The number of likely N-dealkylation sites (N-methyl/N-ethyl adjacent to an activating group) is 1. The fourth-order valence-corrected chi connectivity index (χ4v) is 3.94. The minimum absolute atomic E-state index is 0.400. The van der Waals surface area contributed by atoms with Crippen LogP contribution in [0, 0.1) is 17.8 Å². The van der Waals surface area contributed by atoms with E-state index in [0.29, 0.717) is 17.9 Å². The molecule has 0 aromatic heterocycles. The molecule has 3 aliphatic rings. The maximum Gasteiger partial charge on any atom is 0.226 e. The van der Waals surface area contributed by atoms with Crippen LogP contribution in [-0.4, -0.2) is 37.0 Å². The number of hydrogen-bond acceptors (Lipinski definition) is 2. The van der Waals surface area contributed by atoms with E-state index in [0.717, 1.165) is 24.9 Å². The SMILES string of the molecule is CN(CC1CCCCN1)C(=O)C1C2CCCC21. The Labute approximate surface area is 104 Å². The Bertz CT molecular complexity index is 289. The minimum Gasteiger partial charge on any atom is -0.344 e. The predicted molar refractivity (Wildman–Crippen MR) is 67.6 cm³/mol. The second-order valence-corrected chi connectivity index (χ2v) is 6.15. The van der Waals surface area contributed by atoms with Crippen LogP contribution in [0.4, 0.5) is 0 Å². The number of carbonyl (C=O) groups excluding carboxylic acids is 1. The Morgan fingerprint density at radius 3 is 2.59 bits per heavy atom. The van der Waals surface area contributed by atoms with Gasteiger partial charge in [0.15, 0.2) is 0 Å². The van der Waals surface area contributed by atoms with E-state index in [1.165, 1.54) is 38.5 Å². The van der Waals surface area contributed by atoms with Gasteiger partial charge < -0.3 is 10.2 Å². The van der Waals surface area contributed by atoms with Gasteiger partial charge in [-0.1, -0.05) is 12.8 Å². The van der Waals surface area contributed by atoms with E-state index in [2.05, 4.69) is 5.32 Å². The van der Waals surface area contributed by atoms with Crippen LogP contribution in [0.3, 0.4) is 0 Å². The molecule has 1 N–H and O–H groups in total. The maximum absolute atomic E-state index is 12.3. The average molecular weight is 236 g/mol. The van der Waals surface area contributed by atoms with Gasteiger partial charge >= 0.3 is 0 Å². The van der Waals surface area contributed by atoms with Crippen molar-refractivity contribution in [2.24, 2.45) is 17.8 Å². The van der Waals surface area contributed by atoms with Gasteiger partial charge in [-0.25, -0.2) is 0 Å². The number of nitrogens with one attached hydrogen (secondary N) is 1. The molecule has 2 saturated carbocycles. The number of amides is 1. The topological polar surface area (TPSA) is 32.3 Å². The second kappa shape index (κ2) is 4.60. The van der Waals surface area contributed by atoms with E-state index in [4.69, 9.17) is 0 Å². The van der Waals surface area contributed by atoms with Crippen molar-refractivity contribution in [1.29, 1.82) is 0 Å². The molecule has 96 valence electrons. The van der Waals surface area contributed by atoms with Gasteiger partial charge in [0.25, 0.3) is 0 Å². The number of nitrogens with zero attached hydrogens (tertiary/aromatic N) is 1. The quantitative estimate of drug-likeness (QED) is 0.808. The largest absolute Gasteiger partial charge is 0.344 e. The van der Waals surface area contributed by atoms with Gasteiger partial charge in [0.2, 0.25) is 5.91 Å². The van der Waals surface area contributed by atoms with Crippen molar-refractivity contribution in [1.82, 2.24) is 10.2 Å². The van der Waals surface area contributed by atoms with Crippen LogP contribution in [0.5, 0.6) is 0 Å². The molecule has 3 rings (SSSR count). The van der Waals surface area contributed by atoms with E-state index in [9.17, 15) is 4.79 Å².